The van der Waals surface area contributed by atoms with Crippen LogP contribution in [0.3, 0.4) is 0 Å². The van der Waals surface area contributed by atoms with Gasteiger partial charge in [-0.1, -0.05) is 0 Å². The predicted molar refractivity (Wildman–Crippen MR) is 114 cm³/mol. The van der Waals surface area contributed by atoms with Gasteiger partial charge in [0.15, 0.2) is 29.2 Å². The number of phosphoric ester groups is 2. The summed E-state index contributed by atoms with van der Waals surface area (Å²) in [5.74, 6) is -2.24. The molecule has 21 heteroatoms. The smallest absolute Gasteiger partial charge is 0.483 e. The summed E-state index contributed by atoms with van der Waals surface area (Å²) < 4.78 is 48.5. The molecule has 9 N–H and O–H groups in total. The van der Waals surface area contributed by atoms with Crippen molar-refractivity contribution in [1.82, 2.24) is 19.5 Å². The van der Waals surface area contributed by atoms with Crippen LogP contribution in [-0.2, 0) is 32.0 Å². The Balaban J connectivity index is 1.65. The third kappa shape index (κ3) is 6.17. The fourth-order valence-electron chi connectivity index (χ4n) is 3.04. The highest BCUT2D eigenvalue weighted by Gasteiger charge is 2.46. The molecule has 0 bridgehead atoms. The molecule has 0 radical (unpaired) electrons. The highest BCUT2D eigenvalue weighted by Crippen LogP contribution is 2.61. The lowest BCUT2D eigenvalue weighted by Gasteiger charge is -2.22. The van der Waals surface area contributed by atoms with Gasteiger partial charge < -0.3 is 50.5 Å². The van der Waals surface area contributed by atoms with E-state index in [1.807, 2.05) is 0 Å². The number of imidazole rings is 1. The van der Waals surface area contributed by atoms with Gasteiger partial charge >= 0.3 is 15.6 Å². The summed E-state index contributed by atoms with van der Waals surface area (Å²) in [6, 6.07) is 0. The molecule has 0 saturated carbocycles. The molecule has 2 aromatic rings. The number of anilines is 1. The summed E-state index contributed by atoms with van der Waals surface area (Å²) in [6.07, 6.45) is -5.80. The Morgan fingerprint density at radius 2 is 1.89 bits per heavy atom. The molecule has 0 amide bonds. The minimum atomic E-state index is -5.50. The van der Waals surface area contributed by atoms with Crippen LogP contribution < -0.4 is 5.73 Å². The summed E-state index contributed by atoms with van der Waals surface area (Å²) in [5.41, 5.74) is 6.06. The highest BCUT2D eigenvalue weighted by atomic mass is 31.3. The van der Waals surface area contributed by atoms with Crippen LogP contribution in [0.2, 0.25) is 0 Å². The summed E-state index contributed by atoms with van der Waals surface area (Å²) in [4.78, 5) is 31.3. The molecule has 6 unspecified atom stereocenters. The monoisotopic (exact) mass is 559 g/mol. The lowest BCUT2D eigenvalue weighted by Crippen LogP contribution is -2.33. The summed E-state index contributed by atoms with van der Waals surface area (Å²) in [5, 5.41) is 48.3. The molecule has 36 heavy (non-hydrogen) atoms. The highest BCUT2D eigenvalue weighted by molar-refractivity contribution is 7.61. The number of nitrogen functional groups attached to an aromatic ring is 1. The lowest BCUT2D eigenvalue weighted by molar-refractivity contribution is -0.0703. The summed E-state index contributed by atoms with van der Waals surface area (Å²) in [6.45, 7) is -2.00. The normalized spacial score (nSPS) is 27.4. The largest absolute Gasteiger partial charge is 0.506 e. The predicted octanol–water partition coefficient (Wildman–Crippen LogP) is -1.43. The van der Waals surface area contributed by atoms with Crippen LogP contribution in [0, 0.1) is 0 Å². The Morgan fingerprint density at radius 1 is 1.19 bits per heavy atom. The number of hydrogen-bond acceptors (Lipinski definition) is 16. The molecule has 1 saturated heterocycles. The SMILES string of the molecule is CO[C@@H](OP(=O)(O)OP(=O)(O)OCC1OC(n2cnc3c(N)ncnc32)C(O)C1O)/C(O)=C(\O)CO. The molecule has 1 aliphatic rings. The maximum atomic E-state index is 12.2. The summed E-state index contributed by atoms with van der Waals surface area (Å²) in [7, 11) is -10.0. The molecule has 0 aromatic carbocycles. The van der Waals surface area contributed by atoms with Crippen LogP contribution in [0.4, 0.5) is 5.82 Å². The molecule has 1 fully saturated rings. The molecule has 0 spiro atoms. The van der Waals surface area contributed by atoms with Crippen molar-refractivity contribution in [2.75, 3.05) is 26.1 Å². The molecule has 1 aliphatic heterocycles. The third-order valence-electron chi connectivity index (χ3n) is 4.72. The first-order chi connectivity index (χ1) is 16.8. The van der Waals surface area contributed by atoms with Gasteiger partial charge in [-0.15, -0.1) is 0 Å². The fourth-order valence-corrected chi connectivity index (χ4v) is 5.19. The number of aromatic nitrogens is 4. The maximum Gasteiger partial charge on any atom is 0.483 e. The van der Waals surface area contributed by atoms with Crippen molar-refractivity contribution < 1.29 is 67.3 Å². The van der Waals surface area contributed by atoms with Gasteiger partial charge in [0.2, 0.25) is 6.29 Å². The van der Waals surface area contributed by atoms with Crippen molar-refractivity contribution in [3.05, 3.63) is 24.2 Å². The second kappa shape index (κ2) is 11.0. The topological polar surface area (TPSA) is 292 Å². The second-order valence-electron chi connectivity index (χ2n) is 7.11. The zero-order chi connectivity index (χ0) is 26.8. The van der Waals surface area contributed by atoms with Gasteiger partial charge in [-0.05, 0) is 0 Å². The maximum absolute atomic E-state index is 12.2. The number of phosphoric acid groups is 2. The van der Waals surface area contributed by atoms with Gasteiger partial charge in [-0.25, -0.2) is 28.6 Å². The van der Waals surface area contributed by atoms with E-state index in [0.717, 1.165) is 13.4 Å². The molecule has 7 atom stereocenters. The summed E-state index contributed by atoms with van der Waals surface area (Å²) >= 11 is 0. The quantitative estimate of drug-likeness (QED) is 0.0889. The first-order valence-corrected chi connectivity index (χ1v) is 12.7. The Morgan fingerprint density at radius 3 is 2.53 bits per heavy atom. The van der Waals surface area contributed by atoms with Gasteiger partial charge in [0.25, 0.3) is 0 Å². The van der Waals surface area contributed by atoms with E-state index in [-0.39, 0.29) is 17.0 Å². The molecule has 0 aliphatic carbocycles. The number of nitrogens with zero attached hydrogens (tertiary/aromatic N) is 4. The van der Waals surface area contributed by atoms with Crippen LogP contribution in [0.5, 0.6) is 0 Å². The van der Waals surface area contributed by atoms with Crippen molar-refractivity contribution >= 4 is 32.6 Å². The number of fused-ring (bicyclic) bond motifs is 1. The third-order valence-corrected chi connectivity index (χ3v) is 7.30. The van der Waals surface area contributed by atoms with Gasteiger partial charge in [0.05, 0.1) is 12.9 Å². The Hall–Kier alpha value is -2.25. The average molecular weight is 559 g/mol. The average Bonchev–Trinajstić information content (AvgIpc) is 3.36. The van der Waals surface area contributed by atoms with E-state index < -0.39 is 71.2 Å². The standard InChI is InChI=1S/C15H23N5O14P2/c1-30-15(9(23)6(22)2-21)33-36(28,29)34-35(26,27)31-3-7-10(24)11(25)14(32-7)20-5-19-8-12(16)17-4-18-13(8)20/h4-5,7,10-11,14-15,21-25H,2-3H2,1H3,(H,26,27)(H,28,29)(H2,16,17,18)/b9-6+/t7?,10?,11?,14?,15-/m0/s1. The van der Waals surface area contributed by atoms with E-state index in [1.165, 1.54) is 10.9 Å². The molecule has 19 nitrogen and oxygen atoms in total. The first-order valence-electron chi connectivity index (χ1n) is 9.69. The molecule has 202 valence electrons. The van der Waals surface area contributed by atoms with Crippen LogP contribution in [-0.4, -0.2) is 99.8 Å². The molecular weight excluding hydrogens is 536 g/mol. The Kier molecular flexibility index (Phi) is 8.67. The number of rotatable bonds is 11. The first kappa shape index (κ1) is 28.3. The zero-order valence-corrected chi connectivity index (χ0v) is 20.0. The number of ether oxygens (including phenoxy) is 2. The van der Waals surface area contributed by atoms with E-state index >= 15 is 0 Å². The number of hydrogen-bond donors (Lipinski definition) is 8. The van der Waals surface area contributed by atoms with Crippen LogP contribution in [0.15, 0.2) is 24.2 Å². The van der Waals surface area contributed by atoms with Gasteiger partial charge in [0.1, 0.15) is 36.8 Å². The number of aliphatic hydroxyl groups is 5. The molecule has 3 rings (SSSR count). The van der Waals surface area contributed by atoms with Crippen molar-refractivity contribution in [3.63, 3.8) is 0 Å². The Bertz CT molecular complexity index is 1210. The minimum Gasteiger partial charge on any atom is -0.506 e. The van der Waals surface area contributed by atoms with Crippen LogP contribution >= 0.6 is 15.6 Å². The van der Waals surface area contributed by atoms with Crippen molar-refractivity contribution in [2.24, 2.45) is 0 Å². The van der Waals surface area contributed by atoms with E-state index in [1.54, 1.807) is 0 Å². The number of aliphatic hydroxyl groups excluding tert-OH is 5. The van der Waals surface area contributed by atoms with E-state index in [0.29, 0.717) is 0 Å². The van der Waals surface area contributed by atoms with Gasteiger partial charge in [0, 0.05) is 7.11 Å². The minimum absolute atomic E-state index is 0.0479. The van der Waals surface area contributed by atoms with Gasteiger partial charge in [-0.3, -0.25) is 9.09 Å². The van der Waals surface area contributed by atoms with Crippen molar-refractivity contribution in [3.8, 4) is 0 Å². The van der Waals surface area contributed by atoms with E-state index in [2.05, 4.69) is 33.0 Å². The van der Waals surface area contributed by atoms with Gasteiger partial charge in [-0.2, -0.15) is 4.31 Å². The van der Waals surface area contributed by atoms with E-state index in [4.69, 9.17) is 15.6 Å². The molecule has 3 heterocycles. The lowest BCUT2D eigenvalue weighted by atomic mass is 10.1. The fraction of sp³-hybridized carbons (Fsp3) is 0.533. The number of methoxy groups -OCH3 is 1. The number of nitrogens with two attached hydrogens (primary N) is 1. The van der Waals surface area contributed by atoms with Crippen LogP contribution in [0.25, 0.3) is 11.2 Å². The van der Waals surface area contributed by atoms with E-state index in [9.17, 15) is 39.3 Å². The Labute approximate surface area is 201 Å². The van der Waals surface area contributed by atoms with Crippen LogP contribution in [0.1, 0.15) is 6.23 Å². The second-order valence-corrected chi connectivity index (χ2v) is 10.1. The van der Waals surface area contributed by atoms with Crippen molar-refractivity contribution in [1.29, 1.82) is 0 Å². The van der Waals surface area contributed by atoms with Crippen molar-refractivity contribution in [2.45, 2.75) is 30.8 Å². The molecule has 2 aromatic heterocycles. The zero-order valence-electron chi connectivity index (χ0n) is 18.2. The molecular formula is C15H23N5O14P2.